The van der Waals surface area contributed by atoms with Gasteiger partial charge in [0, 0.05) is 18.4 Å². The van der Waals surface area contributed by atoms with Crippen molar-refractivity contribution in [3.8, 4) is 5.75 Å². The molecule has 1 amide bonds. The van der Waals surface area contributed by atoms with Crippen LogP contribution >= 0.6 is 0 Å². The number of aryl methyl sites for hydroxylation is 1. The first-order valence-corrected chi connectivity index (χ1v) is 8.08. The van der Waals surface area contributed by atoms with Crippen LogP contribution in [0.25, 0.3) is 0 Å². The lowest BCUT2D eigenvalue weighted by atomic mass is 9.96. The van der Waals surface area contributed by atoms with Crippen LogP contribution in [0.1, 0.15) is 50.4 Å². The molecule has 0 N–H and O–H groups in total. The summed E-state index contributed by atoms with van der Waals surface area (Å²) in [7, 11) is 1.61. The van der Waals surface area contributed by atoms with E-state index >= 15 is 0 Å². The molecule has 2 heterocycles. The Morgan fingerprint density at radius 1 is 1.33 bits per heavy atom. The van der Waals surface area contributed by atoms with Crippen LogP contribution in [0.15, 0.2) is 22.7 Å². The molecule has 1 unspecified atom stereocenters. The highest BCUT2D eigenvalue weighted by atomic mass is 16.5. The molecule has 0 saturated carbocycles. The number of benzene rings is 1. The number of hydrogen-bond donors (Lipinski definition) is 0. The second kappa shape index (κ2) is 5.92. The monoisotopic (exact) mass is 329 g/mol. The molecule has 2 aromatic rings. The molecule has 6 nitrogen and oxygen atoms in total. The Morgan fingerprint density at radius 3 is 2.71 bits per heavy atom. The Labute approximate surface area is 141 Å². The molecule has 1 fully saturated rings. The molecule has 24 heavy (non-hydrogen) atoms. The molecule has 0 spiro atoms. The van der Waals surface area contributed by atoms with Crippen LogP contribution < -0.4 is 9.64 Å². The molecule has 1 aromatic carbocycles. The number of nitrogens with zero attached hydrogens (tertiary/aromatic N) is 3. The molecule has 1 aliphatic rings. The molecule has 128 valence electrons. The number of carbonyl (C=O) groups is 1. The minimum Gasteiger partial charge on any atom is -0.495 e. The van der Waals surface area contributed by atoms with E-state index in [4.69, 9.17) is 9.26 Å². The zero-order valence-corrected chi connectivity index (χ0v) is 14.8. The molecule has 1 atom stereocenters. The fourth-order valence-corrected chi connectivity index (χ4v) is 2.82. The summed E-state index contributed by atoms with van der Waals surface area (Å²) < 4.78 is 10.8. The summed E-state index contributed by atoms with van der Waals surface area (Å²) in [5.74, 6) is 1.83. The number of methoxy groups -OCH3 is 1. The summed E-state index contributed by atoms with van der Waals surface area (Å²) in [5, 5.41) is 4.06. The number of aromatic nitrogens is 2. The fraction of sp³-hybridized carbons (Fsp3) is 0.500. The van der Waals surface area contributed by atoms with Gasteiger partial charge in [-0.25, -0.2) is 0 Å². The van der Waals surface area contributed by atoms with E-state index in [1.165, 1.54) is 0 Å². The van der Waals surface area contributed by atoms with Crippen molar-refractivity contribution in [3.63, 3.8) is 0 Å². The average molecular weight is 329 g/mol. The van der Waals surface area contributed by atoms with E-state index in [0.717, 1.165) is 11.3 Å². The van der Waals surface area contributed by atoms with E-state index in [0.29, 0.717) is 30.4 Å². The van der Waals surface area contributed by atoms with Gasteiger partial charge in [-0.15, -0.1) is 0 Å². The summed E-state index contributed by atoms with van der Waals surface area (Å²) >= 11 is 0. The molecular weight excluding hydrogens is 306 g/mol. The van der Waals surface area contributed by atoms with Crippen molar-refractivity contribution in [2.75, 3.05) is 18.6 Å². The van der Waals surface area contributed by atoms with Crippen LogP contribution in [0.2, 0.25) is 0 Å². The van der Waals surface area contributed by atoms with E-state index < -0.39 is 0 Å². The van der Waals surface area contributed by atoms with Crippen molar-refractivity contribution < 1.29 is 14.1 Å². The molecule has 0 aliphatic carbocycles. The lowest BCUT2D eigenvalue weighted by Crippen LogP contribution is -2.25. The second-order valence-electron chi connectivity index (χ2n) is 7.29. The van der Waals surface area contributed by atoms with Gasteiger partial charge in [0.1, 0.15) is 5.75 Å². The lowest BCUT2D eigenvalue weighted by molar-refractivity contribution is -0.117. The van der Waals surface area contributed by atoms with Gasteiger partial charge in [0.25, 0.3) is 0 Å². The van der Waals surface area contributed by atoms with Crippen LogP contribution in [-0.2, 0) is 10.2 Å². The first kappa shape index (κ1) is 16.5. The number of anilines is 1. The Kier molecular flexibility index (Phi) is 4.07. The van der Waals surface area contributed by atoms with Crippen LogP contribution in [0.5, 0.6) is 5.75 Å². The van der Waals surface area contributed by atoms with E-state index in [1.807, 2.05) is 45.9 Å². The zero-order valence-electron chi connectivity index (χ0n) is 14.8. The number of rotatable bonds is 3. The van der Waals surface area contributed by atoms with E-state index in [2.05, 4.69) is 10.1 Å². The van der Waals surface area contributed by atoms with Crippen LogP contribution in [0, 0.1) is 6.92 Å². The Bertz CT molecular complexity index is 761. The Hall–Kier alpha value is -2.37. The minimum absolute atomic E-state index is 0.0411. The maximum absolute atomic E-state index is 12.5. The highest BCUT2D eigenvalue weighted by Gasteiger charge is 2.37. The summed E-state index contributed by atoms with van der Waals surface area (Å²) in [6.45, 7) is 8.61. The highest BCUT2D eigenvalue weighted by Crippen LogP contribution is 2.37. The second-order valence-corrected chi connectivity index (χ2v) is 7.29. The third kappa shape index (κ3) is 3.00. The van der Waals surface area contributed by atoms with E-state index in [9.17, 15) is 4.79 Å². The van der Waals surface area contributed by atoms with Crippen molar-refractivity contribution in [2.24, 2.45) is 0 Å². The van der Waals surface area contributed by atoms with Crippen LogP contribution in [-0.4, -0.2) is 29.7 Å². The van der Waals surface area contributed by atoms with Crippen LogP contribution in [0.4, 0.5) is 5.69 Å². The number of carbonyl (C=O) groups excluding carboxylic acids is 1. The van der Waals surface area contributed by atoms with Crippen molar-refractivity contribution in [3.05, 3.63) is 35.5 Å². The summed E-state index contributed by atoms with van der Waals surface area (Å²) in [6, 6.07) is 5.82. The molecular formula is C18H23N3O3. The Morgan fingerprint density at radius 2 is 2.08 bits per heavy atom. The van der Waals surface area contributed by atoms with Gasteiger partial charge in [-0.05, 0) is 24.6 Å². The van der Waals surface area contributed by atoms with E-state index in [1.54, 1.807) is 12.0 Å². The number of hydrogen-bond acceptors (Lipinski definition) is 5. The molecule has 1 aliphatic heterocycles. The summed E-state index contributed by atoms with van der Waals surface area (Å²) in [6.07, 6.45) is 0.364. The molecule has 0 radical (unpaired) electrons. The van der Waals surface area contributed by atoms with Gasteiger partial charge >= 0.3 is 0 Å². The minimum atomic E-state index is -0.177. The first-order valence-electron chi connectivity index (χ1n) is 8.08. The predicted molar refractivity (Wildman–Crippen MR) is 90.4 cm³/mol. The largest absolute Gasteiger partial charge is 0.495 e. The van der Waals surface area contributed by atoms with Gasteiger partial charge in [-0.2, -0.15) is 4.98 Å². The van der Waals surface area contributed by atoms with E-state index in [-0.39, 0.29) is 17.2 Å². The highest BCUT2D eigenvalue weighted by molar-refractivity contribution is 5.97. The van der Waals surface area contributed by atoms with Gasteiger partial charge in [0.2, 0.25) is 11.8 Å². The normalized spacial score (nSPS) is 18.3. The molecule has 3 rings (SSSR count). The maximum Gasteiger partial charge on any atom is 0.232 e. The average Bonchev–Trinajstić information content (AvgIpc) is 3.13. The third-order valence-electron chi connectivity index (χ3n) is 4.21. The predicted octanol–water partition coefficient (Wildman–Crippen LogP) is 3.20. The van der Waals surface area contributed by atoms with Crippen molar-refractivity contribution in [1.82, 2.24) is 10.1 Å². The van der Waals surface area contributed by atoms with Gasteiger partial charge in [-0.1, -0.05) is 32.0 Å². The van der Waals surface area contributed by atoms with Gasteiger partial charge in [0.05, 0.1) is 18.7 Å². The summed E-state index contributed by atoms with van der Waals surface area (Å²) in [5.41, 5.74) is 1.69. The van der Waals surface area contributed by atoms with Crippen LogP contribution in [0.3, 0.4) is 0 Å². The quantitative estimate of drug-likeness (QED) is 0.865. The third-order valence-corrected chi connectivity index (χ3v) is 4.21. The van der Waals surface area contributed by atoms with Gasteiger partial charge in [0.15, 0.2) is 5.82 Å². The van der Waals surface area contributed by atoms with Crippen molar-refractivity contribution in [2.45, 2.75) is 45.4 Å². The Balaban J connectivity index is 1.86. The first-order chi connectivity index (χ1) is 11.3. The zero-order chi connectivity index (χ0) is 17.5. The standard InChI is InChI=1S/C18H23N3O3/c1-11-6-7-14(23-5)13(8-11)21-10-12(9-15(21)22)16-19-17(20-24-16)18(2,3)4/h6-8,12H,9-10H2,1-5H3. The smallest absolute Gasteiger partial charge is 0.232 e. The van der Waals surface area contributed by atoms with Crippen molar-refractivity contribution in [1.29, 1.82) is 0 Å². The molecule has 6 heteroatoms. The fourth-order valence-electron chi connectivity index (χ4n) is 2.82. The number of amides is 1. The lowest BCUT2D eigenvalue weighted by Gasteiger charge is -2.19. The maximum atomic E-state index is 12.5. The number of ether oxygens (including phenoxy) is 1. The van der Waals surface area contributed by atoms with Gasteiger partial charge in [-0.3, -0.25) is 4.79 Å². The SMILES string of the molecule is COc1ccc(C)cc1N1CC(c2nc(C(C)(C)C)no2)CC1=O. The topological polar surface area (TPSA) is 68.5 Å². The van der Waals surface area contributed by atoms with Crippen molar-refractivity contribution >= 4 is 11.6 Å². The summed E-state index contributed by atoms with van der Waals surface area (Å²) in [4.78, 5) is 18.8. The molecule has 0 bridgehead atoms. The molecule has 1 saturated heterocycles. The van der Waals surface area contributed by atoms with Gasteiger partial charge < -0.3 is 14.2 Å². The molecule has 1 aromatic heterocycles.